The Kier molecular flexibility index (Phi) is 3.83. The molecule has 0 bridgehead atoms. The molecule has 0 saturated carbocycles. The highest BCUT2D eigenvalue weighted by atomic mass is 16.1. The van der Waals surface area contributed by atoms with Crippen LogP contribution in [0.25, 0.3) is 11.0 Å². The largest absolute Gasteiger partial charge is 0.301 e. The van der Waals surface area contributed by atoms with Crippen molar-refractivity contribution in [1.82, 2.24) is 14.0 Å². The number of aromatic nitrogens is 2. The summed E-state index contributed by atoms with van der Waals surface area (Å²) in [5.74, 6) is 1.56. The third-order valence-corrected chi connectivity index (χ3v) is 5.86. The van der Waals surface area contributed by atoms with Crippen LogP contribution in [0.15, 0.2) is 33.9 Å². The van der Waals surface area contributed by atoms with Gasteiger partial charge in [0.05, 0.1) is 6.04 Å². The molecule has 1 unspecified atom stereocenters. The summed E-state index contributed by atoms with van der Waals surface area (Å²) in [6.07, 6.45) is 2.47. The van der Waals surface area contributed by atoms with E-state index in [1.54, 1.807) is 16.7 Å². The fourth-order valence-electron chi connectivity index (χ4n) is 4.39. The molecule has 2 aromatic rings. The van der Waals surface area contributed by atoms with E-state index in [1.165, 1.54) is 12.8 Å². The van der Waals surface area contributed by atoms with E-state index in [4.69, 9.17) is 0 Å². The van der Waals surface area contributed by atoms with Crippen LogP contribution in [0.5, 0.6) is 0 Å². The first-order valence-corrected chi connectivity index (χ1v) is 9.02. The summed E-state index contributed by atoms with van der Waals surface area (Å²) >= 11 is 0. The van der Waals surface area contributed by atoms with Gasteiger partial charge in [0.15, 0.2) is 0 Å². The van der Waals surface area contributed by atoms with Crippen molar-refractivity contribution in [1.29, 1.82) is 0 Å². The number of hydrogen-bond acceptors (Lipinski definition) is 3. The van der Waals surface area contributed by atoms with E-state index < -0.39 is 0 Å². The van der Waals surface area contributed by atoms with Gasteiger partial charge in [-0.2, -0.15) is 0 Å². The Morgan fingerprint density at radius 3 is 2.38 bits per heavy atom. The van der Waals surface area contributed by atoms with Crippen molar-refractivity contribution >= 4 is 11.0 Å². The monoisotopic (exact) mass is 327 g/mol. The van der Waals surface area contributed by atoms with Gasteiger partial charge in [0.25, 0.3) is 11.1 Å². The Bertz CT molecular complexity index is 867. The summed E-state index contributed by atoms with van der Waals surface area (Å²) < 4.78 is 3.60. The van der Waals surface area contributed by atoms with E-state index in [1.807, 2.05) is 16.7 Å². The highest BCUT2D eigenvalue weighted by Crippen LogP contribution is 2.28. The fraction of sp³-hybridized carbons (Fsp3) is 0.579. The topological polar surface area (TPSA) is 47.2 Å². The zero-order valence-electron chi connectivity index (χ0n) is 14.4. The molecule has 5 heteroatoms. The van der Waals surface area contributed by atoms with E-state index in [0.717, 1.165) is 42.5 Å². The first-order chi connectivity index (χ1) is 11.5. The predicted molar refractivity (Wildman–Crippen MR) is 95.5 cm³/mol. The second kappa shape index (κ2) is 5.88. The molecule has 128 valence electrons. The molecule has 2 aromatic heterocycles. The molecule has 1 atom stereocenters. The SMILES string of the molecule is CC(C)C1CCN(CC2Cn3c(=O)ccc4ccc(=O)n2c43)CC1. The van der Waals surface area contributed by atoms with Crippen molar-refractivity contribution in [3.8, 4) is 0 Å². The molecule has 5 nitrogen and oxygen atoms in total. The molecular weight excluding hydrogens is 302 g/mol. The Balaban J connectivity index is 1.60. The zero-order chi connectivity index (χ0) is 16.8. The third-order valence-electron chi connectivity index (χ3n) is 5.86. The van der Waals surface area contributed by atoms with Crippen LogP contribution < -0.4 is 11.1 Å². The minimum Gasteiger partial charge on any atom is -0.301 e. The lowest BCUT2D eigenvalue weighted by Gasteiger charge is -2.35. The van der Waals surface area contributed by atoms with Gasteiger partial charge in [-0.25, -0.2) is 0 Å². The first kappa shape index (κ1) is 15.6. The van der Waals surface area contributed by atoms with Crippen molar-refractivity contribution < 1.29 is 0 Å². The molecule has 1 saturated heterocycles. The second-order valence-electron chi connectivity index (χ2n) is 7.64. The van der Waals surface area contributed by atoms with Crippen LogP contribution in [-0.4, -0.2) is 33.7 Å². The minimum atomic E-state index is -0.0112. The van der Waals surface area contributed by atoms with Crippen LogP contribution >= 0.6 is 0 Å². The van der Waals surface area contributed by atoms with E-state index in [-0.39, 0.29) is 17.2 Å². The van der Waals surface area contributed by atoms with Gasteiger partial charge in [-0.15, -0.1) is 0 Å². The van der Waals surface area contributed by atoms with Crippen molar-refractivity contribution in [2.75, 3.05) is 19.6 Å². The van der Waals surface area contributed by atoms with Gasteiger partial charge in [0.2, 0.25) is 0 Å². The van der Waals surface area contributed by atoms with Crippen LogP contribution in [0, 0.1) is 11.8 Å². The van der Waals surface area contributed by atoms with Crippen molar-refractivity contribution in [3.05, 3.63) is 45.0 Å². The van der Waals surface area contributed by atoms with Crippen LogP contribution in [0.4, 0.5) is 0 Å². The number of piperidine rings is 1. The molecule has 4 rings (SSSR count). The van der Waals surface area contributed by atoms with Gasteiger partial charge in [-0.3, -0.25) is 18.7 Å². The van der Waals surface area contributed by atoms with Crippen molar-refractivity contribution in [2.24, 2.45) is 11.8 Å². The third kappa shape index (κ3) is 2.51. The highest BCUT2D eigenvalue weighted by Gasteiger charge is 2.29. The summed E-state index contributed by atoms with van der Waals surface area (Å²) in [6.45, 7) is 8.26. The Hall–Kier alpha value is -1.88. The highest BCUT2D eigenvalue weighted by molar-refractivity contribution is 5.76. The van der Waals surface area contributed by atoms with Gasteiger partial charge < -0.3 is 4.90 Å². The number of hydrogen-bond donors (Lipinski definition) is 0. The van der Waals surface area contributed by atoms with Gasteiger partial charge in [0, 0.05) is 30.6 Å². The summed E-state index contributed by atoms with van der Waals surface area (Å²) in [5.41, 5.74) is 0.779. The Morgan fingerprint density at radius 2 is 1.71 bits per heavy atom. The van der Waals surface area contributed by atoms with Crippen molar-refractivity contribution in [3.63, 3.8) is 0 Å². The standard InChI is InChI=1S/C19H25N3O2/c1-13(2)14-7-9-20(10-8-14)11-16-12-21-17(23)5-3-15-4-6-18(24)22(16)19(15)21/h3-6,13-14,16H,7-12H2,1-2H3. The van der Waals surface area contributed by atoms with E-state index >= 15 is 0 Å². The fourth-order valence-corrected chi connectivity index (χ4v) is 4.39. The quantitative estimate of drug-likeness (QED) is 0.867. The lowest BCUT2D eigenvalue weighted by molar-refractivity contribution is 0.140. The van der Waals surface area contributed by atoms with E-state index in [9.17, 15) is 9.59 Å². The summed E-state index contributed by atoms with van der Waals surface area (Å²) in [5, 5.41) is 0.968. The lowest BCUT2D eigenvalue weighted by atomic mass is 9.86. The van der Waals surface area contributed by atoms with Crippen LogP contribution in [0.3, 0.4) is 0 Å². The normalized spacial score (nSPS) is 21.9. The molecule has 0 amide bonds. The van der Waals surface area contributed by atoms with Crippen molar-refractivity contribution in [2.45, 2.75) is 39.3 Å². The van der Waals surface area contributed by atoms with Crippen LogP contribution in [0.2, 0.25) is 0 Å². The maximum absolute atomic E-state index is 12.4. The molecular formula is C19H25N3O2. The number of nitrogens with zero attached hydrogens (tertiary/aromatic N) is 3. The van der Waals surface area contributed by atoms with Gasteiger partial charge >= 0.3 is 0 Å². The lowest BCUT2D eigenvalue weighted by Crippen LogP contribution is -2.40. The molecule has 0 radical (unpaired) electrons. The molecule has 2 aliphatic heterocycles. The Labute approximate surface area is 141 Å². The summed E-state index contributed by atoms with van der Waals surface area (Å²) in [4.78, 5) is 27.1. The average molecular weight is 327 g/mol. The van der Waals surface area contributed by atoms with Gasteiger partial charge in [0.1, 0.15) is 5.65 Å². The zero-order valence-corrected chi connectivity index (χ0v) is 14.4. The Morgan fingerprint density at radius 1 is 1.04 bits per heavy atom. The molecule has 0 spiro atoms. The van der Waals surface area contributed by atoms with E-state index in [2.05, 4.69) is 18.7 Å². The molecule has 4 heterocycles. The van der Waals surface area contributed by atoms with Crippen LogP contribution in [-0.2, 0) is 6.54 Å². The van der Waals surface area contributed by atoms with Crippen LogP contribution in [0.1, 0.15) is 32.7 Å². The number of rotatable bonds is 3. The molecule has 24 heavy (non-hydrogen) atoms. The summed E-state index contributed by atoms with van der Waals surface area (Å²) in [7, 11) is 0. The first-order valence-electron chi connectivity index (χ1n) is 9.02. The average Bonchev–Trinajstić information content (AvgIpc) is 2.95. The molecule has 0 aliphatic carbocycles. The van der Waals surface area contributed by atoms with Gasteiger partial charge in [-0.05, 0) is 49.9 Å². The smallest absolute Gasteiger partial charge is 0.252 e. The minimum absolute atomic E-state index is 0.00131. The predicted octanol–water partition coefficient (Wildman–Crippen LogP) is 2.09. The van der Waals surface area contributed by atoms with Gasteiger partial charge in [-0.1, -0.05) is 13.8 Å². The molecule has 2 aliphatic rings. The number of pyridine rings is 2. The molecule has 0 aromatic carbocycles. The molecule has 1 fully saturated rings. The maximum Gasteiger partial charge on any atom is 0.252 e. The summed E-state index contributed by atoms with van der Waals surface area (Å²) in [6, 6.07) is 6.93. The van der Waals surface area contributed by atoms with E-state index in [0.29, 0.717) is 6.54 Å². The molecule has 0 N–H and O–H groups in total. The number of likely N-dealkylation sites (tertiary alicyclic amines) is 1. The maximum atomic E-state index is 12.4. The second-order valence-corrected chi connectivity index (χ2v) is 7.64.